The lowest BCUT2D eigenvalue weighted by Crippen LogP contribution is -2.28. The number of ether oxygens (including phenoxy) is 2. The van der Waals surface area contributed by atoms with Crippen LogP contribution in [-0.4, -0.2) is 32.0 Å². The summed E-state index contributed by atoms with van der Waals surface area (Å²) in [5.74, 6) is -0.00484. The number of carbonyl (C=O) groups is 1. The summed E-state index contributed by atoms with van der Waals surface area (Å²) in [6.45, 7) is 2.98. The molecule has 2 rings (SSSR count). The van der Waals surface area contributed by atoms with E-state index < -0.39 is 0 Å². The summed E-state index contributed by atoms with van der Waals surface area (Å²) in [4.78, 5) is 13.9. The number of para-hydroxylation sites is 1. The Kier molecular flexibility index (Phi) is 8.70. The van der Waals surface area contributed by atoms with E-state index in [0.717, 1.165) is 50.8 Å². The minimum Gasteiger partial charge on any atom is -0.353 e. The molecule has 1 heterocycles. The minimum absolute atomic E-state index is 0.00484. The van der Waals surface area contributed by atoms with Crippen LogP contribution in [0.3, 0.4) is 0 Å². The van der Waals surface area contributed by atoms with Crippen LogP contribution in [-0.2, 0) is 14.3 Å². The van der Waals surface area contributed by atoms with Gasteiger partial charge < -0.3 is 14.4 Å². The smallest absolute Gasteiger partial charge is 0.250 e. The Balaban J connectivity index is 1.75. The summed E-state index contributed by atoms with van der Waals surface area (Å²) < 4.78 is 11.8. The lowest BCUT2D eigenvalue weighted by molar-refractivity contribution is -0.190. The number of likely N-dealkylation sites (N-methyl/N-ethyl adjacent to an activating group) is 1. The second kappa shape index (κ2) is 11.1. The average molecular weight is 345 g/mol. The number of benzene rings is 1. The summed E-state index contributed by atoms with van der Waals surface area (Å²) in [7, 11) is 1.80. The van der Waals surface area contributed by atoms with Crippen molar-refractivity contribution < 1.29 is 14.3 Å². The molecule has 4 heteroatoms. The van der Waals surface area contributed by atoms with E-state index >= 15 is 0 Å². The van der Waals surface area contributed by atoms with Gasteiger partial charge in [0.25, 0.3) is 0 Å². The molecule has 138 valence electrons. The van der Waals surface area contributed by atoms with Crippen LogP contribution in [0, 0.1) is 0 Å². The molecule has 25 heavy (non-hydrogen) atoms. The van der Waals surface area contributed by atoms with Crippen molar-refractivity contribution in [2.24, 2.45) is 0 Å². The van der Waals surface area contributed by atoms with Crippen LogP contribution >= 0.6 is 0 Å². The highest BCUT2D eigenvalue weighted by Crippen LogP contribution is 2.20. The third kappa shape index (κ3) is 7.00. The fourth-order valence-electron chi connectivity index (χ4n) is 2.99. The molecule has 1 aliphatic rings. The predicted octanol–water partition coefficient (Wildman–Crippen LogP) is 4.70. The first-order valence-electron chi connectivity index (χ1n) is 9.47. The molecule has 0 aromatic heterocycles. The summed E-state index contributed by atoms with van der Waals surface area (Å²) in [6.07, 6.45) is 11.0. The molecule has 1 amide bonds. The van der Waals surface area contributed by atoms with E-state index in [-0.39, 0.29) is 18.3 Å². The SMILES string of the molecule is CCCC(CC/C=C\C(=O)N(C)c1ccccc1)OC1CCCCO1. The van der Waals surface area contributed by atoms with E-state index in [0.29, 0.717) is 0 Å². The Hall–Kier alpha value is -1.65. The Morgan fingerprint density at radius 3 is 2.80 bits per heavy atom. The molecule has 4 nitrogen and oxygen atoms in total. The standard InChI is InChI=1S/C21H31NO3/c1-3-11-19(25-21-16-9-10-17-24-21)14-7-8-15-20(23)22(2)18-12-5-4-6-13-18/h4-6,8,12-13,15,19,21H,3,7,9-11,14,16-17H2,1-2H3/b15-8-. The lowest BCUT2D eigenvalue weighted by atomic mass is 10.1. The van der Waals surface area contributed by atoms with Crippen molar-refractivity contribution >= 4 is 11.6 Å². The minimum atomic E-state index is -0.0416. The molecule has 1 fully saturated rings. The normalized spacial score (nSPS) is 19.0. The van der Waals surface area contributed by atoms with Gasteiger partial charge in [0.05, 0.1) is 6.10 Å². The molecule has 1 aliphatic heterocycles. The van der Waals surface area contributed by atoms with Crippen LogP contribution in [0.5, 0.6) is 0 Å². The van der Waals surface area contributed by atoms with E-state index in [1.54, 1.807) is 18.0 Å². The molecule has 0 spiro atoms. The van der Waals surface area contributed by atoms with Gasteiger partial charge in [-0.05, 0) is 56.7 Å². The maximum Gasteiger partial charge on any atom is 0.250 e. The Morgan fingerprint density at radius 1 is 1.32 bits per heavy atom. The number of anilines is 1. The molecule has 0 bridgehead atoms. The van der Waals surface area contributed by atoms with Crippen LogP contribution in [0.25, 0.3) is 0 Å². The van der Waals surface area contributed by atoms with Crippen molar-refractivity contribution in [2.75, 3.05) is 18.6 Å². The first-order chi connectivity index (χ1) is 12.2. The Labute approximate surface area is 151 Å². The van der Waals surface area contributed by atoms with Crippen LogP contribution in [0.1, 0.15) is 51.9 Å². The van der Waals surface area contributed by atoms with Crippen molar-refractivity contribution in [3.8, 4) is 0 Å². The highest BCUT2D eigenvalue weighted by Gasteiger charge is 2.19. The predicted molar refractivity (Wildman–Crippen MR) is 102 cm³/mol. The number of carbonyl (C=O) groups excluding carboxylic acids is 1. The zero-order chi connectivity index (χ0) is 17.9. The maximum absolute atomic E-state index is 12.2. The molecule has 1 aromatic carbocycles. The van der Waals surface area contributed by atoms with E-state index in [9.17, 15) is 4.79 Å². The maximum atomic E-state index is 12.2. The van der Waals surface area contributed by atoms with Gasteiger partial charge in [-0.15, -0.1) is 0 Å². The number of allylic oxidation sites excluding steroid dienone is 1. The van der Waals surface area contributed by atoms with Crippen molar-refractivity contribution in [1.29, 1.82) is 0 Å². The van der Waals surface area contributed by atoms with Gasteiger partial charge in [-0.3, -0.25) is 4.79 Å². The molecule has 0 radical (unpaired) electrons. The lowest BCUT2D eigenvalue weighted by Gasteiger charge is -2.27. The largest absolute Gasteiger partial charge is 0.353 e. The van der Waals surface area contributed by atoms with E-state index in [1.165, 1.54) is 6.42 Å². The van der Waals surface area contributed by atoms with Gasteiger partial charge in [0, 0.05) is 19.3 Å². The molecule has 0 aliphatic carbocycles. The summed E-state index contributed by atoms with van der Waals surface area (Å²) >= 11 is 0. The topological polar surface area (TPSA) is 38.8 Å². The fourth-order valence-corrected chi connectivity index (χ4v) is 2.99. The summed E-state index contributed by atoms with van der Waals surface area (Å²) in [5.41, 5.74) is 0.902. The summed E-state index contributed by atoms with van der Waals surface area (Å²) in [6, 6.07) is 9.68. The molecular formula is C21H31NO3. The molecule has 1 saturated heterocycles. The Morgan fingerprint density at radius 2 is 2.12 bits per heavy atom. The molecule has 2 unspecified atom stereocenters. The van der Waals surface area contributed by atoms with Crippen molar-refractivity contribution in [3.05, 3.63) is 42.5 Å². The second-order valence-corrected chi connectivity index (χ2v) is 6.56. The van der Waals surface area contributed by atoms with E-state index in [1.807, 2.05) is 36.4 Å². The monoisotopic (exact) mass is 345 g/mol. The van der Waals surface area contributed by atoms with Gasteiger partial charge in [-0.25, -0.2) is 0 Å². The molecule has 1 aromatic rings. The number of hydrogen-bond acceptors (Lipinski definition) is 3. The summed E-state index contributed by atoms with van der Waals surface area (Å²) in [5, 5.41) is 0. The van der Waals surface area contributed by atoms with Crippen LogP contribution < -0.4 is 4.90 Å². The van der Waals surface area contributed by atoms with Gasteiger partial charge in [-0.2, -0.15) is 0 Å². The first kappa shape index (κ1) is 19.7. The van der Waals surface area contributed by atoms with Gasteiger partial charge in [-0.1, -0.05) is 37.6 Å². The van der Waals surface area contributed by atoms with Crippen molar-refractivity contribution in [1.82, 2.24) is 0 Å². The van der Waals surface area contributed by atoms with E-state index in [4.69, 9.17) is 9.47 Å². The molecule has 0 N–H and O–H groups in total. The highest BCUT2D eigenvalue weighted by molar-refractivity contribution is 6.00. The third-order valence-corrected chi connectivity index (χ3v) is 4.48. The number of nitrogens with zero attached hydrogens (tertiary/aromatic N) is 1. The highest BCUT2D eigenvalue weighted by atomic mass is 16.7. The molecule has 0 saturated carbocycles. The van der Waals surface area contributed by atoms with Crippen LogP contribution in [0.4, 0.5) is 5.69 Å². The number of rotatable bonds is 9. The van der Waals surface area contributed by atoms with Crippen molar-refractivity contribution in [2.45, 2.75) is 64.3 Å². The van der Waals surface area contributed by atoms with Crippen molar-refractivity contribution in [3.63, 3.8) is 0 Å². The van der Waals surface area contributed by atoms with Crippen LogP contribution in [0.15, 0.2) is 42.5 Å². The number of amides is 1. The van der Waals surface area contributed by atoms with Crippen LogP contribution in [0.2, 0.25) is 0 Å². The third-order valence-electron chi connectivity index (χ3n) is 4.48. The Bertz CT molecular complexity index is 523. The second-order valence-electron chi connectivity index (χ2n) is 6.56. The van der Waals surface area contributed by atoms with Gasteiger partial charge in [0.2, 0.25) is 5.91 Å². The fraction of sp³-hybridized carbons (Fsp3) is 0.571. The molecular weight excluding hydrogens is 314 g/mol. The first-order valence-corrected chi connectivity index (χ1v) is 9.47. The van der Waals surface area contributed by atoms with Gasteiger partial charge in [0.1, 0.15) is 0 Å². The van der Waals surface area contributed by atoms with Gasteiger partial charge >= 0.3 is 0 Å². The average Bonchev–Trinajstić information content (AvgIpc) is 2.66. The van der Waals surface area contributed by atoms with E-state index in [2.05, 4.69) is 6.92 Å². The zero-order valence-electron chi connectivity index (χ0n) is 15.5. The zero-order valence-corrected chi connectivity index (χ0v) is 15.5. The number of hydrogen-bond donors (Lipinski definition) is 0. The quantitative estimate of drug-likeness (QED) is 0.609. The molecule has 2 atom stereocenters. The van der Waals surface area contributed by atoms with Gasteiger partial charge in [0.15, 0.2) is 6.29 Å².